The summed E-state index contributed by atoms with van der Waals surface area (Å²) in [6.45, 7) is 0. The fourth-order valence-corrected chi connectivity index (χ4v) is 1.54. The molecule has 0 spiro atoms. The van der Waals surface area contributed by atoms with Crippen molar-refractivity contribution in [1.82, 2.24) is 0 Å². The van der Waals surface area contributed by atoms with Crippen molar-refractivity contribution >= 4 is 23.2 Å². The fourth-order valence-electron chi connectivity index (χ4n) is 1.26. The van der Waals surface area contributed by atoms with Gasteiger partial charge in [0, 0.05) is 11.3 Å². The Labute approximate surface area is 94.7 Å². The van der Waals surface area contributed by atoms with Gasteiger partial charge in [-0.1, -0.05) is 30.3 Å². The summed E-state index contributed by atoms with van der Waals surface area (Å²) >= 11 is 11.4. The minimum absolute atomic E-state index is 0.0463. The fraction of sp³-hybridized carbons (Fsp3) is 0.455. The van der Waals surface area contributed by atoms with E-state index in [4.69, 9.17) is 23.2 Å². The minimum atomic E-state index is -0.430. The van der Waals surface area contributed by atoms with Crippen LogP contribution in [0.3, 0.4) is 0 Å². The maximum atomic E-state index is 9.76. The van der Waals surface area contributed by atoms with Crippen LogP contribution in [0.15, 0.2) is 30.3 Å². The molecule has 0 aromatic heterocycles. The Morgan fingerprint density at radius 2 is 1.79 bits per heavy atom. The topological polar surface area (TPSA) is 20.2 Å². The van der Waals surface area contributed by atoms with Crippen LogP contribution in [0, 0.1) is 0 Å². The minimum Gasteiger partial charge on any atom is -0.388 e. The van der Waals surface area contributed by atoms with Gasteiger partial charge in [0.15, 0.2) is 0 Å². The lowest BCUT2D eigenvalue weighted by atomic mass is 10.0. The lowest BCUT2D eigenvalue weighted by Gasteiger charge is -2.12. The SMILES string of the molecule is OC(CCC(Cl)CCl)c1ccccc1. The molecule has 0 fully saturated rings. The van der Waals surface area contributed by atoms with Gasteiger partial charge in [-0.15, -0.1) is 23.2 Å². The molecule has 78 valence electrons. The van der Waals surface area contributed by atoms with Crippen LogP contribution < -0.4 is 0 Å². The van der Waals surface area contributed by atoms with E-state index in [1.165, 1.54) is 0 Å². The van der Waals surface area contributed by atoms with Crippen LogP contribution in [0.1, 0.15) is 24.5 Å². The first kappa shape index (κ1) is 11.8. The van der Waals surface area contributed by atoms with Crippen molar-refractivity contribution in [3.05, 3.63) is 35.9 Å². The average Bonchev–Trinajstić information content (AvgIpc) is 2.26. The zero-order chi connectivity index (χ0) is 10.4. The molecule has 1 N–H and O–H groups in total. The Bertz CT molecular complexity index is 251. The van der Waals surface area contributed by atoms with E-state index in [-0.39, 0.29) is 5.38 Å². The monoisotopic (exact) mass is 232 g/mol. The van der Waals surface area contributed by atoms with Gasteiger partial charge in [-0.2, -0.15) is 0 Å². The lowest BCUT2D eigenvalue weighted by molar-refractivity contribution is 0.164. The highest BCUT2D eigenvalue weighted by molar-refractivity contribution is 6.28. The Balaban J connectivity index is 2.39. The van der Waals surface area contributed by atoms with Crippen LogP contribution in [-0.4, -0.2) is 16.4 Å². The molecule has 14 heavy (non-hydrogen) atoms. The van der Waals surface area contributed by atoms with E-state index in [2.05, 4.69) is 0 Å². The average molecular weight is 233 g/mol. The van der Waals surface area contributed by atoms with E-state index in [1.54, 1.807) is 0 Å². The van der Waals surface area contributed by atoms with Crippen molar-refractivity contribution in [2.24, 2.45) is 0 Å². The number of benzene rings is 1. The van der Waals surface area contributed by atoms with Crippen molar-refractivity contribution in [1.29, 1.82) is 0 Å². The number of aliphatic hydroxyl groups excluding tert-OH is 1. The van der Waals surface area contributed by atoms with Crippen molar-refractivity contribution in [2.45, 2.75) is 24.3 Å². The molecule has 0 aliphatic heterocycles. The predicted molar refractivity (Wildman–Crippen MR) is 61.0 cm³/mol. The van der Waals surface area contributed by atoms with Crippen molar-refractivity contribution < 1.29 is 5.11 Å². The maximum Gasteiger partial charge on any atom is 0.0790 e. The third-order valence-corrected chi connectivity index (χ3v) is 3.01. The molecule has 3 heteroatoms. The summed E-state index contributed by atoms with van der Waals surface area (Å²) in [5.74, 6) is 0.434. The number of hydrogen-bond acceptors (Lipinski definition) is 1. The number of aliphatic hydroxyl groups is 1. The second-order valence-corrected chi connectivity index (χ2v) is 4.18. The summed E-state index contributed by atoms with van der Waals surface area (Å²) in [4.78, 5) is 0. The smallest absolute Gasteiger partial charge is 0.0790 e. The van der Waals surface area contributed by atoms with Gasteiger partial charge in [0.25, 0.3) is 0 Å². The molecule has 0 bridgehead atoms. The van der Waals surface area contributed by atoms with E-state index in [1.807, 2.05) is 30.3 Å². The first-order valence-electron chi connectivity index (χ1n) is 4.67. The van der Waals surface area contributed by atoms with Gasteiger partial charge in [-0.3, -0.25) is 0 Å². The third-order valence-electron chi connectivity index (χ3n) is 2.11. The van der Waals surface area contributed by atoms with Gasteiger partial charge in [0.2, 0.25) is 0 Å². The van der Waals surface area contributed by atoms with Crippen LogP contribution in [0.2, 0.25) is 0 Å². The summed E-state index contributed by atoms with van der Waals surface area (Å²) in [6.07, 6.45) is 0.965. The van der Waals surface area contributed by atoms with Gasteiger partial charge in [0.1, 0.15) is 0 Å². The molecule has 0 heterocycles. The van der Waals surface area contributed by atoms with E-state index in [0.29, 0.717) is 12.3 Å². The second-order valence-electron chi connectivity index (χ2n) is 3.26. The summed E-state index contributed by atoms with van der Waals surface area (Å²) in [7, 11) is 0. The molecule has 1 aromatic rings. The number of alkyl halides is 2. The Kier molecular flexibility index (Phi) is 5.31. The normalized spacial score (nSPS) is 15.1. The molecule has 0 saturated heterocycles. The van der Waals surface area contributed by atoms with Crippen molar-refractivity contribution in [3.8, 4) is 0 Å². The van der Waals surface area contributed by atoms with Gasteiger partial charge < -0.3 is 5.11 Å². The van der Waals surface area contributed by atoms with Crippen LogP contribution >= 0.6 is 23.2 Å². The van der Waals surface area contributed by atoms with Gasteiger partial charge in [-0.25, -0.2) is 0 Å². The largest absolute Gasteiger partial charge is 0.388 e. The summed E-state index contributed by atoms with van der Waals surface area (Å²) in [5.41, 5.74) is 0.936. The molecule has 0 radical (unpaired) electrons. The highest BCUT2D eigenvalue weighted by Gasteiger charge is 2.09. The molecule has 2 unspecified atom stereocenters. The number of halogens is 2. The van der Waals surface area contributed by atoms with Crippen LogP contribution in [0.5, 0.6) is 0 Å². The third kappa shape index (κ3) is 3.87. The molecule has 1 rings (SSSR count). The predicted octanol–water partition coefficient (Wildman–Crippen LogP) is 3.35. The first-order chi connectivity index (χ1) is 6.74. The van der Waals surface area contributed by atoms with Crippen LogP contribution in [-0.2, 0) is 0 Å². The first-order valence-corrected chi connectivity index (χ1v) is 5.64. The Morgan fingerprint density at radius 1 is 1.14 bits per heavy atom. The molecule has 1 aromatic carbocycles. The summed E-state index contributed by atoms with van der Waals surface area (Å²) in [5, 5.41) is 9.72. The number of hydrogen-bond donors (Lipinski definition) is 1. The molecule has 0 saturated carbocycles. The molecule has 2 atom stereocenters. The van der Waals surface area contributed by atoms with E-state index in [0.717, 1.165) is 12.0 Å². The number of rotatable bonds is 5. The van der Waals surface area contributed by atoms with Crippen molar-refractivity contribution in [2.75, 3.05) is 5.88 Å². The second kappa shape index (κ2) is 6.28. The highest BCUT2D eigenvalue weighted by Crippen LogP contribution is 2.20. The highest BCUT2D eigenvalue weighted by atomic mass is 35.5. The zero-order valence-electron chi connectivity index (χ0n) is 7.87. The van der Waals surface area contributed by atoms with Crippen LogP contribution in [0.25, 0.3) is 0 Å². The Hall–Kier alpha value is -0.240. The quantitative estimate of drug-likeness (QED) is 0.773. The molecule has 0 amide bonds. The van der Waals surface area contributed by atoms with Gasteiger partial charge in [0.05, 0.1) is 6.10 Å². The summed E-state index contributed by atoms with van der Waals surface area (Å²) in [6, 6.07) is 9.58. The maximum absolute atomic E-state index is 9.76. The molecule has 0 aliphatic rings. The zero-order valence-corrected chi connectivity index (χ0v) is 9.38. The summed E-state index contributed by atoms with van der Waals surface area (Å²) < 4.78 is 0. The van der Waals surface area contributed by atoms with Crippen LogP contribution in [0.4, 0.5) is 0 Å². The molecule has 1 nitrogen and oxygen atoms in total. The standard InChI is InChI=1S/C11H14Cl2O/c12-8-10(13)6-7-11(14)9-4-2-1-3-5-9/h1-5,10-11,14H,6-8H2. The molecular formula is C11H14Cl2O. The van der Waals surface area contributed by atoms with Gasteiger partial charge in [-0.05, 0) is 18.4 Å². The molecule has 0 aliphatic carbocycles. The van der Waals surface area contributed by atoms with Gasteiger partial charge >= 0.3 is 0 Å². The Morgan fingerprint density at radius 3 is 2.36 bits per heavy atom. The van der Waals surface area contributed by atoms with E-state index < -0.39 is 6.10 Å². The van der Waals surface area contributed by atoms with E-state index in [9.17, 15) is 5.11 Å². The van der Waals surface area contributed by atoms with E-state index >= 15 is 0 Å². The molecular weight excluding hydrogens is 219 g/mol. The van der Waals surface area contributed by atoms with Crippen molar-refractivity contribution in [3.63, 3.8) is 0 Å². The lowest BCUT2D eigenvalue weighted by Crippen LogP contribution is -2.04.